The number of fused-ring (bicyclic) bond motifs is 3. The fourth-order valence-electron chi connectivity index (χ4n) is 4.67. The summed E-state index contributed by atoms with van der Waals surface area (Å²) >= 11 is 12.2. The minimum absolute atomic E-state index is 0.477. The molecule has 0 radical (unpaired) electrons. The van der Waals surface area contributed by atoms with Crippen molar-refractivity contribution in [1.29, 1.82) is 0 Å². The van der Waals surface area contributed by atoms with Crippen LogP contribution in [0, 0.1) is 5.92 Å². The standard InChI is InChI=1S/C23H24Cl2N4O2/c1-30-21-9-17-20(10-22(21)31-11-13-6-14-2-3-15(7-13)28-14)26-12-27-23(17)29-16-4-5-18(24)19(25)8-16/h4-5,8-10,12-15,28H,2-3,6-7,11H2,1H3,(H,26,27,29)/t13?,14-,15+. The average Bonchev–Trinajstić information content (AvgIpc) is 3.12. The smallest absolute Gasteiger partial charge is 0.163 e. The molecule has 2 bridgehead atoms. The number of hydrogen-bond donors (Lipinski definition) is 2. The zero-order valence-corrected chi connectivity index (χ0v) is 18.7. The van der Waals surface area contributed by atoms with Gasteiger partial charge in [0.1, 0.15) is 12.1 Å². The summed E-state index contributed by atoms with van der Waals surface area (Å²) in [5.41, 5.74) is 1.56. The van der Waals surface area contributed by atoms with Gasteiger partial charge in [-0.05, 0) is 55.9 Å². The number of ether oxygens (including phenoxy) is 2. The Labute approximate surface area is 191 Å². The predicted octanol–water partition coefficient (Wildman–Crippen LogP) is 5.60. The van der Waals surface area contributed by atoms with Crippen molar-refractivity contribution >= 4 is 45.6 Å². The summed E-state index contributed by atoms with van der Waals surface area (Å²) in [6.45, 7) is 0.690. The highest BCUT2D eigenvalue weighted by Gasteiger charge is 2.33. The van der Waals surface area contributed by atoms with Crippen LogP contribution in [-0.2, 0) is 0 Å². The van der Waals surface area contributed by atoms with E-state index in [9.17, 15) is 0 Å². The maximum absolute atomic E-state index is 6.22. The van der Waals surface area contributed by atoms with E-state index in [-0.39, 0.29) is 0 Å². The normalized spacial score (nSPS) is 22.5. The summed E-state index contributed by atoms with van der Waals surface area (Å²) in [6.07, 6.45) is 6.44. The molecule has 8 heteroatoms. The number of methoxy groups -OCH3 is 1. The summed E-state index contributed by atoms with van der Waals surface area (Å²) in [5.74, 6) is 2.59. The van der Waals surface area contributed by atoms with Crippen molar-refractivity contribution in [3.8, 4) is 11.5 Å². The van der Waals surface area contributed by atoms with Crippen LogP contribution in [0.1, 0.15) is 25.7 Å². The van der Waals surface area contributed by atoms with Crippen LogP contribution >= 0.6 is 23.2 Å². The molecular formula is C23H24Cl2N4O2. The van der Waals surface area contributed by atoms with Gasteiger partial charge in [0.15, 0.2) is 11.5 Å². The van der Waals surface area contributed by atoms with Gasteiger partial charge in [-0.1, -0.05) is 23.2 Å². The van der Waals surface area contributed by atoms with Crippen LogP contribution in [0.4, 0.5) is 11.5 Å². The van der Waals surface area contributed by atoms with E-state index in [1.807, 2.05) is 18.2 Å². The molecule has 5 rings (SSSR count). The van der Waals surface area contributed by atoms with Gasteiger partial charge in [0.2, 0.25) is 0 Å². The molecule has 1 unspecified atom stereocenters. The Balaban J connectivity index is 1.38. The monoisotopic (exact) mass is 458 g/mol. The predicted molar refractivity (Wildman–Crippen MR) is 124 cm³/mol. The molecule has 2 fully saturated rings. The first-order valence-electron chi connectivity index (χ1n) is 10.5. The molecule has 2 aliphatic heterocycles. The second-order valence-corrected chi connectivity index (χ2v) is 9.10. The third-order valence-electron chi connectivity index (χ3n) is 6.15. The van der Waals surface area contributed by atoms with Gasteiger partial charge in [0, 0.05) is 29.2 Å². The Morgan fingerprint density at radius 3 is 2.58 bits per heavy atom. The molecule has 162 valence electrons. The molecular weight excluding hydrogens is 435 g/mol. The van der Waals surface area contributed by atoms with Crippen molar-refractivity contribution in [1.82, 2.24) is 15.3 Å². The minimum Gasteiger partial charge on any atom is -0.493 e. The Bertz CT molecular complexity index is 1100. The van der Waals surface area contributed by atoms with Gasteiger partial charge in [-0.2, -0.15) is 0 Å². The molecule has 3 aromatic rings. The first kappa shape index (κ1) is 20.6. The van der Waals surface area contributed by atoms with E-state index < -0.39 is 0 Å². The van der Waals surface area contributed by atoms with Crippen molar-refractivity contribution in [2.45, 2.75) is 37.8 Å². The van der Waals surface area contributed by atoms with Gasteiger partial charge < -0.3 is 20.1 Å². The maximum Gasteiger partial charge on any atom is 0.163 e. The number of hydrogen-bond acceptors (Lipinski definition) is 6. The molecule has 0 spiro atoms. The summed E-state index contributed by atoms with van der Waals surface area (Å²) in [4.78, 5) is 8.84. The number of rotatable bonds is 6. The SMILES string of the molecule is COc1cc2c(Nc3ccc(Cl)c(Cl)c3)ncnc2cc1OCC1C[C@H]2CC[C@@H](C1)N2. The first-order valence-corrected chi connectivity index (χ1v) is 11.3. The molecule has 2 aromatic carbocycles. The van der Waals surface area contributed by atoms with E-state index in [0.29, 0.717) is 52.0 Å². The largest absolute Gasteiger partial charge is 0.493 e. The molecule has 0 saturated carbocycles. The summed E-state index contributed by atoms with van der Waals surface area (Å²) in [6, 6.07) is 10.5. The van der Waals surface area contributed by atoms with E-state index in [1.165, 1.54) is 32.0 Å². The maximum atomic E-state index is 6.22. The highest BCUT2D eigenvalue weighted by molar-refractivity contribution is 6.42. The van der Waals surface area contributed by atoms with Gasteiger partial charge in [0.05, 0.1) is 29.3 Å². The Morgan fingerprint density at radius 2 is 1.84 bits per heavy atom. The van der Waals surface area contributed by atoms with Gasteiger partial charge in [0.25, 0.3) is 0 Å². The topological polar surface area (TPSA) is 68.3 Å². The number of nitrogens with one attached hydrogen (secondary N) is 2. The van der Waals surface area contributed by atoms with E-state index >= 15 is 0 Å². The van der Waals surface area contributed by atoms with Gasteiger partial charge in [-0.25, -0.2) is 9.97 Å². The van der Waals surface area contributed by atoms with E-state index in [0.717, 1.165) is 16.6 Å². The molecule has 0 amide bonds. The molecule has 2 saturated heterocycles. The number of anilines is 2. The van der Waals surface area contributed by atoms with E-state index in [4.69, 9.17) is 32.7 Å². The fraction of sp³-hybridized carbons (Fsp3) is 0.391. The molecule has 0 aliphatic carbocycles. The van der Waals surface area contributed by atoms with Gasteiger partial charge in [-0.3, -0.25) is 0 Å². The molecule has 31 heavy (non-hydrogen) atoms. The molecule has 3 atom stereocenters. The van der Waals surface area contributed by atoms with Crippen molar-refractivity contribution < 1.29 is 9.47 Å². The Hall–Kier alpha value is -2.28. The molecule has 3 heterocycles. The van der Waals surface area contributed by atoms with Gasteiger partial charge >= 0.3 is 0 Å². The lowest BCUT2D eigenvalue weighted by Gasteiger charge is -2.29. The quantitative estimate of drug-likeness (QED) is 0.500. The fourth-order valence-corrected chi connectivity index (χ4v) is 4.96. The van der Waals surface area contributed by atoms with Crippen LogP contribution in [0.15, 0.2) is 36.7 Å². The lowest BCUT2D eigenvalue weighted by Crippen LogP contribution is -2.39. The number of piperidine rings is 1. The van der Waals surface area contributed by atoms with Crippen LogP contribution in [-0.4, -0.2) is 35.8 Å². The first-order chi connectivity index (χ1) is 15.1. The zero-order chi connectivity index (χ0) is 21.4. The second kappa shape index (κ2) is 8.69. The van der Waals surface area contributed by atoms with E-state index in [1.54, 1.807) is 19.2 Å². The molecule has 2 aliphatic rings. The lowest BCUT2D eigenvalue weighted by atomic mass is 9.93. The van der Waals surface area contributed by atoms with Crippen LogP contribution in [0.3, 0.4) is 0 Å². The van der Waals surface area contributed by atoms with Crippen LogP contribution in [0.2, 0.25) is 10.0 Å². The van der Waals surface area contributed by atoms with Crippen molar-refractivity contribution in [2.75, 3.05) is 19.0 Å². The summed E-state index contributed by atoms with van der Waals surface area (Å²) in [7, 11) is 1.65. The summed E-state index contributed by atoms with van der Waals surface area (Å²) in [5, 5.41) is 8.78. The molecule has 6 nitrogen and oxygen atoms in total. The minimum atomic E-state index is 0.477. The number of aromatic nitrogens is 2. The third kappa shape index (κ3) is 4.38. The Kier molecular flexibility index (Phi) is 5.78. The number of nitrogens with zero attached hydrogens (tertiary/aromatic N) is 2. The average molecular weight is 459 g/mol. The highest BCUT2D eigenvalue weighted by atomic mass is 35.5. The molecule has 1 aromatic heterocycles. The highest BCUT2D eigenvalue weighted by Crippen LogP contribution is 2.37. The zero-order valence-electron chi connectivity index (χ0n) is 17.2. The van der Waals surface area contributed by atoms with Gasteiger partial charge in [-0.15, -0.1) is 0 Å². The third-order valence-corrected chi connectivity index (χ3v) is 6.89. The number of halogens is 2. The van der Waals surface area contributed by atoms with Crippen molar-refractivity contribution in [3.63, 3.8) is 0 Å². The van der Waals surface area contributed by atoms with Crippen LogP contribution in [0.25, 0.3) is 10.9 Å². The van der Waals surface area contributed by atoms with Crippen molar-refractivity contribution in [3.05, 3.63) is 46.7 Å². The van der Waals surface area contributed by atoms with Crippen LogP contribution in [0.5, 0.6) is 11.5 Å². The Morgan fingerprint density at radius 1 is 1.03 bits per heavy atom. The number of benzene rings is 2. The molecule has 2 N–H and O–H groups in total. The summed E-state index contributed by atoms with van der Waals surface area (Å²) < 4.78 is 11.9. The lowest BCUT2D eigenvalue weighted by molar-refractivity contribution is 0.185. The van der Waals surface area contributed by atoms with Crippen molar-refractivity contribution in [2.24, 2.45) is 5.92 Å². The van der Waals surface area contributed by atoms with E-state index in [2.05, 4.69) is 20.6 Å². The second-order valence-electron chi connectivity index (χ2n) is 8.28. The van der Waals surface area contributed by atoms with Crippen LogP contribution < -0.4 is 20.1 Å².